The van der Waals surface area contributed by atoms with Crippen molar-refractivity contribution in [3.63, 3.8) is 0 Å². The first-order chi connectivity index (χ1) is 9.54. The highest BCUT2D eigenvalue weighted by Crippen LogP contribution is 2.16. The zero-order valence-electron chi connectivity index (χ0n) is 11.3. The van der Waals surface area contributed by atoms with Gasteiger partial charge in [-0.2, -0.15) is 0 Å². The van der Waals surface area contributed by atoms with Crippen molar-refractivity contribution in [2.75, 3.05) is 6.54 Å². The molecule has 0 aliphatic carbocycles. The highest BCUT2D eigenvalue weighted by Gasteiger charge is 2.13. The summed E-state index contributed by atoms with van der Waals surface area (Å²) in [4.78, 5) is 21.8. The van der Waals surface area contributed by atoms with Crippen LogP contribution in [0.3, 0.4) is 0 Å². The molecule has 0 saturated heterocycles. The summed E-state index contributed by atoms with van der Waals surface area (Å²) in [6, 6.07) is 5.76. The van der Waals surface area contributed by atoms with Crippen LogP contribution in [0, 0.1) is 10.1 Å². The summed E-state index contributed by atoms with van der Waals surface area (Å²) in [6.07, 6.45) is 0.877. The molecule has 7 heteroatoms. The lowest BCUT2D eigenvalue weighted by Gasteiger charge is -2.11. The summed E-state index contributed by atoms with van der Waals surface area (Å²) >= 11 is 0. The van der Waals surface area contributed by atoms with E-state index < -0.39 is 17.1 Å². The lowest BCUT2D eigenvalue weighted by atomic mass is 10.2. The Hall–Kier alpha value is -2.15. The van der Waals surface area contributed by atoms with Gasteiger partial charge in [-0.15, -0.1) is 0 Å². The molecule has 1 aromatic carbocycles. The molecule has 1 unspecified atom stereocenters. The van der Waals surface area contributed by atoms with Gasteiger partial charge in [0, 0.05) is 18.2 Å². The van der Waals surface area contributed by atoms with Crippen molar-refractivity contribution in [3.05, 3.63) is 39.9 Å². The van der Waals surface area contributed by atoms with Crippen molar-refractivity contribution in [3.8, 4) is 0 Å². The Morgan fingerprint density at radius 2 is 2.10 bits per heavy atom. The molecule has 7 nitrogen and oxygen atoms in total. The topological polar surface area (TPSA) is 104 Å². The van der Waals surface area contributed by atoms with Gasteiger partial charge in [-0.25, -0.2) is 4.79 Å². The lowest BCUT2D eigenvalue weighted by molar-refractivity contribution is -0.385. The number of aliphatic hydroxyl groups is 1. The van der Waals surface area contributed by atoms with Crippen LogP contribution in [0.25, 0.3) is 0 Å². The van der Waals surface area contributed by atoms with E-state index in [1.807, 2.05) is 6.92 Å². The second-order valence-corrected chi connectivity index (χ2v) is 4.39. The predicted octanol–water partition coefficient (Wildman–Crippen LogP) is 1.55. The quantitative estimate of drug-likeness (QED) is 0.521. The van der Waals surface area contributed by atoms with Gasteiger partial charge < -0.3 is 15.7 Å². The van der Waals surface area contributed by atoms with Crippen LogP contribution in [0.1, 0.15) is 25.3 Å². The van der Waals surface area contributed by atoms with Gasteiger partial charge in [0.05, 0.1) is 17.6 Å². The van der Waals surface area contributed by atoms with Crippen LogP contribution in [0.15, 0.2) is 24.3 Å². The fraction of sp³-hybridized carbons (Fsp3) is 0.462. The zero-order chi connectivity index (χ0) is 15.0. The molecule has 3 N–H and O–H groups in total. The van der Waals surface area contributed by atoms with E-state index in [0.717, 1.165) is 6.42 Å². The Morgan fingerprint density at radius 3 is 2.75 bits per heavy atom. The summed E-state index contributed by atoms with van der Waals surface area (Å²) in [5.74, 6) is 0. The number of amides is 2. The number of benzene rings is 1. The number of aliphatic hydroxyl groups excluding tert-OH is 1. The molecule has 0 aliphatic rings. The van der Waals surface area contributed by atoms with Crippen molar-refractivity contribution in [1.82, 2.24) is 10.6 Å². The molecule has 0 saturated carbocycles. The maximum absolute atomic E-state index is 11.5. The summed E-state index contributed by atoms with van der Waals surface area (Å²) in [7, 11) is 0. The molecule has 2 amide bonds. The normalized spacial score (nSPS) is 11.7. The summed E-state index contributed by atoms with van der Waals surface area (Å²) in [5, 5.41) is 25.3. The average molecular weight is 281 g/mol. The van der Waals surface area contributed by atoms with Gasteiger partial charge in [-0.05, 0) is 6.42 Å². The van der Waals surface area contributed by atoms with Gasteiger partial charge in [-0.3, -0.25) is 10.1 Å². The maximum atomic E-state index is 11.5. The van der Waals surface area contributed by atoms with Crippen LogP contribution in [0.2, 0.25) is 0 Å². The Bertz CT molecular complexity index is 465. The van der Waals surface area contributed by atoms with E-state index in [-0.39, 0.29) is 18.8 Å². The molecule has 20 heavy (non-hydrogen) atoms. The van der Waals surface area contributed by atoms with Crippen molar-refractivity contribution in [2.45, 2.75) is 32.4 Å². The van der Waals surface area contributed by atoms with E-state index in [1.165, 1.54) is 6.07 Å². The molecule has 0 spiro atoms. The Labute approximate surface area is 117 Å². The van der Waals surface area contributed by atoms with Crippen LogP contribution in [0.4, 0.5) is 10.5 Å². The fourth-order valence-corrected chi connectivity index (χ4v) is 1.72. The number of urea groups is 1. The van der Waals surface area contributed by atoms with Crippen LogP contribution in [-0.2, 0) is 6.54 Å². The van der Waals surface area contributed by atoms with Crippen molar-refractivity contribution in [1.29, 1.82) is 0 Å². The molecule has 0 aromatic heterocycles. The molecule has 110 valence electrons. The van der Waals surface area contributed by atoms with Crippen LogP contribution in [-0.4, -0.2) is 28.7 Å². The van der Waals surface area contributed by atoms with Crippen LogP contribution >= 0.6 is 0 Å². The van der Waals surface area contributed by atoms with Gasteiger partial charge >= 0.3 is 6.03 Å². The summed E-state index contributed by atoms with van der Waals surface area (Å²) in [5.41, 5.74) is 0.403. The summed E-state index contributed by atoms with van der Waals surface area (Å²) in [6.45, 7) is 2.17. The third-order valence-electron chi connectivity index (χ3n) is 2.75. The Morgan fingerprint density at radius 1 is 1.40 bits per heavy atom. The molecule has 1 atom stereocenters. The summed E-state index contributed by atoms with van der Waals surface area (Å²) < 4.78 is 0. The van der Waals surface area contributed by atoms with E-state index in [1.54, 1.807) is 18.2 Å². The number of hydrogen-bond donors (Lipinski definition) is 3. The van der Waals surface area contributed by atoms with Gasteiger partial charge in [0.25, 0.3) is 5.69 Å². The van der Waals surface area contributed by atoms with E-state index in [2.05, 4.69) is 10.6 Å². The third-order valence-corrected chi connectivity index (χ3v) is 2.75. The first-order valence-electron chi connectivity index (χ1n) is 6.46. The molecule has 0 bridgehead atoms. The minimum Gasteiger partial charge on any atom is -0.391 e. The van der Waals surface area contributed by atoms with E-state index in [0.29, 0.717) is 12.0 Å². The van der Waals surface area contributed by atoms with Crippen LogP contribution in [0.5, 0.6) is 0 Å². The molecule has 0 heterocycles. The number of para-hydroxylation sites is 1. The maximum Gasteiger partial charge on any atom is 0.315 e. The number of rotatable bonds is 7. The third kappa shape index (κ3) is 5.23. The zero-order valence-corrected chi connectivity index (χ0v) is 11.3. The largest absolute Gasteiger partial charge is 0.391 e. The number of nitro groups is 1. The number of nitrogens with zero attached hydrogens (tertiary/aromatic N) is 1. The molecular weight excluding hydrogens is 262 g/mol. The average Bonchev–Trinajstić information content (AvgIpc) is 2.43. The van der Waals surface area contributed by atoms with Gasteiger partial charge in [0.2, 0.25) is 0 Å². The fourth-order valence-electron chi connectivity index (χ4n) is 1.72. The van der Waals surface area contributed by atoms with Gasteiger partial charge in [0.1, 0.15) is 0 Å². The van der Waals surface area contributed by atoms with Crippen molar-refractivity contribution >= 4 is 11.7 Å². The molecule has 0 fully saturated rings. The minimum atomic E-state index is -0.572. The molecular formula is C13H19N3O4. The number of carbonyl (C=O) groups excluding carboxylic acids is 1. The Kier molecular flexibility index (Phi) is 6.45. The van der Waals surface area contributed by atoms with E-state index in [9.17, 15) is 20.0 Å². The monoisotopic (exact) mass is 281 g/mol. The van der Waals surface area contributed by atoms with Crippen molar-refractivity contribution in [2.24, 2.45) is 0 Å². The second kappa shape index (κ2) is 8.11. The van der Waals surface area contributed by atoms with Crippen molar-refractivity contribution < 1.29 is 14.8 Å². The lowest BCUT2D eigenvalue weighted by Crippen LogP contribution is -2.39. The molecule has 1 aromatic rings. The minimum absolute atomic E-state index is 0.0289. The number of carbonyl (C=O) groups is 1. The smallest absolute Gasteiger partial charge is 0.315 e. The number of hydrogen-bond acceptors (Lipinski definition) is 4. The SMILES string of the molecule is CCCC(O)CNC(=O)NCc1ccccc1[N+](=O)[O-]. The number of nitrogens with one attached hydrogen (secondary N) is 2. The standard InChI is InChI=1S/C13H19N3O4/c1-2-5-11(17)9-15-13(18)14-8-10-6-3-4-7-12(10)16(19)20/h3-4,6-7,11,17H,2,5,8-9H2,1H3,(H2,14,15,18). The predicted molar refractivity (Wildman–Crippen MR) is 74.2 cm³/mol. The second-order valence-electron chi connectivity index (χ2n) is 4.39. The molecule has 1 rings (SSSR count). The highest BCUT2D eigenvalue weighted by atomic mass is 16.6. The Balaban J connectivity index is 2.43. The molecule has 0 aliphatic heterocycles. The highest BCUT2D eigenvalue weighted by molar-refractivity contribution is 5.74. The molecule has 0 radical (unpaired) electrons. The first kappa shape index (κ1) is 15.9. The van der Waals surface area contributed by atoms with Gasteiger partial charge in [0.15, 0.2) is 0 Å². The number of nitro benzene ring substituents is 1. The van der Waals surface area contributed by atoms with E-state index >= 15 is 0 Å². The van der Waals surface area contributed by atoms with Crippen LogP contribution < -0.4 is 10.6 Å². The van der Waals surface area contributed by atoms with E-state index in [4.69, 9.17) is 0 Å². The van der Waals surface area contributed by atoms with Gasteiger partial charge in [-0.1, -0.05) is 31.5 Å². The first-order valence-corrected chi connectivity index (χ1v) is 6.46.